The van der Waals surface area contributed by atoms with Crippen molar-refractivity contribution in [1.82, 2.24) is 5.32 Å². The fourth-order valence-corrected chi connectivity index (χ4v) is 3.21. The number of hydrogen-bond donors (Lipinski definition) is 2. The van der Waals surface area contributed by atoms with Crippen LogP contribution in [0.3, 0.4) is 0 Å². The monoisotopic (exact) mass is 495 g/mol. The van der Waals surface area contributed by atoms with Gasteiger partial charge in [0.05, 0.1) is 18.1 Å². The normalized spacial score (nSPS) is 10.8. The number of nitrogens with zero attached hydrogens (tertiary/aromatic N) is 1. The van der Waals surface area contributed by atoms with Gasteiger partial charge in [-0.2, -0.15) is 0 Å². The van der Waals surface area contributed by atoms with Crippen LogP contribution in [0.2, 0.25) is 4.34 Å². The standard InChI is InChI=1S/C17H22ClN3O2S.HI/c1-4-23-14-7-5-12(11-15(14)22-3)21-17(19-2)20-10-9-13-6-8-16(18)24-13;/h5-8,11H,4,9-10H2,1-3H3,(H2,19,20,21);1H. The SMILES string of the molecule is CCOc1ccc(NC(=NC)NCCc2ccc(Cl)s2)cc1OC.I. The van der Waals surface area contributed by atoms with E-state index in [2.05, 4.69) is 15.6 Å². The Bertz CT molecular complexity index is 694. The third-order valence-corrected chi connectivity index (χ3v) is 4.53. The third-order valence-electron chi connectivity index (χ3n) is 3.24. The van der Waals surface area contributed by atoms with E-state index < -0.39 is 0 Å². The summed E-state index contributed by atoms with van der Waals surface area (Å²) in [7, 11) is 3.37. The summed E-state index contributed by atoms with van der Waals surface area (Å²) in [6, 6.07) is 9.66. The lowest BCUT2D eigenvalue weighted by Gasteiger charge is -2.14. The number of anilines is 1. The summed E-state index contributed by atoms with van der Waals surface area (Å²) in [5.41, 5.74) is 0.877. The Morgan fingerprint density at radius 2 is 2.04 bits per heavy atom. The van der Waals surface area contributed by atoms with Crippen molar-refractivity contribution in [2.45, 2.75) is 13.3 Å². The summed E-state index contributed by atoms with van der Waals surface area (Å²) >= 11 is 7.54. The minimum Gasteiger partial charge on any atom is -0.493 e. The maximum absolute atomic E-state index is 5.94. The van der Waals surface area contributed by atoms with Gasteiger partial charge in [0.25, 0.3) is 0 Å². The molecule has 0 aliphatic rings. The van der Waals surface area contributed by atoms with E-state index in [0.717, 1.165) is 28.7 Å². The molecule has 5 nitrogen and oxygen atoms in total. The fourth-order valence-electron chi connectivity index (χ4n) is 2.13. The Hall–Kier alpha value is -1.19. The smallest absolute Gasteiger partial charge is 0.195 e. The molecule has 0 aliphatic heterocycles. The number of methoxy groups -OCH3 is 1. The van der Waals surface area contributed by atoms with Gasteiger partial charge in [-0.05, 0) is 37.6 Å². The molecule has 0 saturated carbocycles. The van der Waals surface area contributed by atoms with Crippen LogP contribution in [-0.4, -0.2) is 33.3 Å². The Kier molecular flexibility index (Phi) is 9.99. The Balaban J connectivity index is 0.00000312. The molecule has 0 radical (unpaired) electrons. The molecule has 0 unspecified atom stereocenters. The largest absolute Gasteiger partial charge is 0.493 e. The molecule has 0 saturated heterocycles. The van der Waals surface area contributed by atoms with Crippen molar-refractivity contribution in [2.75, 3.05) is 32.6 Å². The van der Waals surface area contributed by atoms with Crippen LogP contribution in [0.1, 0.15) is 11.8 Å². The van der Waals surface area contributed by atoms with Gasteiger partial charge in [0, 0.05) is 30.2 Å². The van der Waals surface area contributed by atoms with Crippen molar-refractivity contribution in [3.8, 4) is 11.5 Å². The fraction of sp³-hybridized carbons (Fsp3) is 0.353. The van der Waals surface area contributed by atoms with E-state index in [-0.39, 0.29) is 24.0 Å². The second-order valence-corrected chi connectivity index (χ2v) is 6.68. The molecular weight excluding hydrogens is 473 g/mol. The van der Waals surface area contributed by atoms with Crippen molar-refractivity contribution >= 4 is 58.6 Å². The van der Waals surface area contributed by atoms with Gasteiger partial charge in [-0.3, -0.25) is 4.99 Å². The quantitative estimate of drug-likeness (QED) is 0.333. The molecule has 0 spiro atoms. The van der Waals surface area contributed by atoms with Gasteiger partial charge in [-0.15, -0.1) is 35.3 Å². The number of ether oxygens (including phenoxy) is 2. The van der Waals surface area contributed by atoms with E-state index in [1.807, 2.05) is 37.3 Å². The molecule has 0 aliphatic carbocycles. The van der Waals surface area contributed by atoms with Crippen LogP contribution in [0.25, 0.3) is 0 Å². The first-order chi connectivity index (χ1) is 11.7. The summed E-state index contributed by atoms with van der Waals surface area (Å²) in [5.74, 6) is 2.11. The first-order valence-electron chi connectivity index (χ1n) is 7.69. The average molecular weight is 496 g/mol. The van der Waals surface area contributed by atoms with Crippen molar-refractivity contribution in [2.24, 2.45) is 4.99 Å². The second-order valence-electron chi connectivity index (χ2n) is 4.88. The molecule has 25 heavy (non-hydrogen) atoms. The Morgan fingerprint density at radius 3 is 2.64 bits per heavy atom. The highest BCUT2D eigenvalue weighted by atomic mass is 127. The molecule has 1 aromatic heterocycles. The lowest BCUT2D eigenvalue weighted by molar-refractivity contribution is 0.311. The van der Waals surface area contributed by atoms with Crippen LogP contribution in [0.5, 0.6) is 11.5 Å². The van der Waals surface area contributed by atoms with Crippen molar-refractivity contribution in [3.05, 3.63) is 39.5 Å². The molecular formula is C17H23ClIN3O2S. The molecule has 1 aromatic carbocycles. The van der Waals surface area contributed by atoms with Gasteiger partial charge in [0.2, 0.25) is 0 Å². The molecule has 1 heterocycles. The lowest BCUT2D eigenvalue weighted by Crippen LogP contribution is -2.32. The highest BCUT2D eigenvalue weighted by molar-refractivity contribution is 14.0. The van der Waals surface area contributed by atoms with E-state index in [1.54, 1.807) is 25.5 Å². The zero-order valence-electron chi connectivity index (χ0n) is 14.5. The predicted octanol–water partition coefficient (Wildman–Crippen LogP) is 4.66. The van der Waals surface area contributed by atoms with Crippen molar-refractivity contribution < 1.29 is 9.47 Å². The number of nitrogens with one attached hydrogen (secondary N) is 2. The molecule has 0 bridgehead atoms. The van der Waals surface area contributed by atoms with Crippen LogP contribution in [0.4, 0.5) is 5.69 Å². The number of halogens is 2. The van der Waals surface area contributed by atoms with Gasteiger partial charge in [-0.25, -0.2) is 0 Å². The number of guanidine groups is 1. The molecule has 138 valence electrons. The molecule has 0 atom stereocenters. The molecule has 8 heteroatoms. The minimum absolute atomic E-state index is 0. The number of aliphatic imine (C=N–C) groups is 1. The van der Waals surface area contributed by atoms with E-state index >= 15 is 0 Å². The highest BCUT2D eigenvalue weighted by Crippen LogP contribution is 2.30. The minimum atomic E-state index is 0. The van der Waals surface area contributed by atoms with Crippen LogP contribution >= 0.6 is 46.9 Å². The summed E-state index contributed by atoms with van der Waals surface area (Å²) in [4.78, 5) is 5.48. The van der Waals surface area contributed by atoms with Crippen LogP contribution in [-0.2, 0) is 6.42 Å². The van der Waals surface area contributed by atoms with Crippen LogP contribution in [0.15, 0.2) is 35.3 Å². The van der Waals surface area contributed by atoms with Crippen molar-refractivity contribution in [3.63, 3.8) is 0 Å². The second kappa shape index (κ2) is 11.4. The number of hydrogen-bond acceptors (Lipinski definition) is 4. The maximum Gasteiger partial charge on any atom is 0.195 e. The van der Waals surface area contributed by atoms with Crippen LogP contribution in [0, 0.1) is 0 Å². The molecule has 0 amide bonds. The zero-order valence-corrected chi connectivity index (χ0v) is 18.4. The van der Waals surface area contributed by atoms with Gasteiger partial charge in [0.1, 0.15) is 0 Å². The highest BCUT2D eigenvalue weighted by Gasteiger charge is 2.07. The third kappa shape index (κ3) is 6.91. The Labute approximate surface area is 174 Å². The number of thiophene rings is 1. The molecule has 2 rings (SSSR count). The zero-order chi connectivity index (χ0) is 17.4. The Morgan fingerprint density at radius 1 is 1.24 bits per heavy atom. The van der Waals surface area contributed by atoms with Crippen LogP contribution < -0.4 is 20.1 Å². The lowest BCUT2D eigenvalue weighted by atomic mass is 10.2. The first kappa shape index (κ1) is 21.9. The van der Waals surface area contributed by atoms with E-state index in [0.29, 0.717) is 18.3 Å². The summed E-state index contributed by atoms with van der Waals surface area (Å²) < 4.78 is 11.7. The topological polar surface area (TPSA) is 54.9 Å². The van der Waals surface area contributed by atoms with E-state index in [4.69, 9.17) is 21.1 Å². The first-order valence-corrected chi connectivity index (χ1v) is 8.88. The molecule has 2 aromatic rings. The summed E-state index contributed by atoms with van der Waals surface area (Å²) in [6.45, 7) is 3.31. The molecule has 0 fully saturated rings. The summed E-state index contributed by atoms with van der Waals surface area (Å²) in [5, 5.41) is 6.53. The van der Waals surface area contributed by atoms with Gasteiger partial charge < -0.3 is 20.1 Å². The average Bonchev–Trinajstić information content (AvgIpc) is 3.00. The van der Waals surface area contributed by atoms with Gasteiger partial charge in [0.15, 0.2) is 17.5 Å². The number of benzene rings is 1. The molecule has 2 N–H and O–H groups in total. The number of rotatable bonds is 7. The maximum atomic E-state index is 5.94. The summed E-state index contributed by atoms with van der Waals surface area (Å²) in [6.07, 6.45) is 0.894. The van der Waals surface area contributed by atoms with E-state index in [9.17, 15) is 0 Å². The van der Waals surface area contributed by atoms with Gasteiger partial charge >= 0.3 is 0 Å². The van der Waals surface area contributed by atoms with E-state index in [1.165, 1.54) is 4.88 Å². The van der Waals surface area contributed by atoms with Crippen molar-refractivity contribution in [1.29, 1.82) is 0 Å². The predicted molar refractivity (Wildman–Crippen MR) is 118 cm³/mol. The van der Waals surface area contributed by atoms with Gasteiger partial charge in [-0.1, -0.05) is 11.6 Å².